The van der Waals surface area contributed by atoms with E-state index in [0.29, 0.717) is 35.9 Å². The second kappa shape index (κ2) is 10.1. The lowest BCUT2D eigenvalue weighted by molar-refractivity contribution is -0.115. The fraction of sp³-hybridized carbons (Fsp3) is 0.304. The zero-order valence-electron chi connectivity index (χ0n) is 18.9. The van der Waals surface area contributed by atoms with Crippen LogP contribution in [0.15, 0.2) is 51.9 Å². The molecule has 3 aromatic rings. The third-order valence-electron chi connectivity index (χ3n) is 5.13. The molecule has 0 unspecified atom stereocenters. The fourth-order valence-electron chi connectivity index (χ4n) is 3.31. The van der Waals surface area contributed by atoms with Crippen molar-refractivity contribution in [2.75, 3.05) is 18.4 Å². The Hall–Kier alpha value is -3.24. The van der Waals surface area contributed by atoms with E-state index < -0.39 is 21.7 Å². The van der Waals surface area contributed by atoms with Crippen molar-refractivity contribution in [1.82, 2.24) is 9.46 Å². The van der Waals surface area contributed by atoms with Crippen molar-refractivity contribution in [2.45, 2.75) is 39.0 Å². The second-order valence-electron chi connectivity index (χ2n) is 7.33. The predicted octanol–water partition coefficient (Wildman–Crippen LogP) is 4.43. The molecule has 0 fully saturated rings. The number of carbonyl (C=O) groups is 1. The molecule has 0 saturated heterocycles. The highest BCUT2D eigenvalue weighted by atomic mass is 32.2. The summed E-state index contributed by atoms with van der Waals surface area (Å²) in [6.07, 6.45) is -0.00974. The molecule has 1 amide bonds. The first-order chi connectivity index (χ1) is 15.6. The molecule has 0 bridgehead atoms. The Bertz CT molecular complexity index is 1220. The number of hydrogen-bond acceptors (Lipinski definition) is 6. The van der Waals surface area contributed by atoms with Crippen molar-refractivity contribution in [1.29, 1.82) is 0 Å². The van der Waals surface area contributed by atoms with Gasteiger partial charge in [0.25, 0.3) is 0 Å². The molecule has 0 saturated carbocycles. The van der Waals surface area contributed by atoms with Gasteiger partial charge in [-0.2, -0.15) is 4.31 Å². The Balaban J connectivity index is 1.97. The molecule has 1 N–H and O–H groups in total. The average molecular weight is 476 g/mol. The fourth-order valence-corrected chi connectivity index (χ4v) is 4.79. The highest BCUT2D eigenvalue weighted by Gasteiger charge is 2.24. The van der Waals surface area contributed by atoms with Gasteiger partial charge in [0, 0.05) is 18.7 Å². The quantitative estimate of drug-likeness (QED) is 0.491. The van der Waals surface area contributed by atoms with Gasteiger partial charge >= 0.3 is 0 Å². The van der Waals surface area contributed by atoms with Crippen molar-refractivity contribution in [3.63, 3.8) is 0 Å². The van der Waals surface area contributed by atoms with Crippen molar-refractivity contribution in [3.8, 4) is 11.5 Å². The van der Waals surface area contributed by atoms with Crippen LogP contribution in [0.25, 0.3) is 0 Å². The number of anilines is 1. The molecule has 0 radical (unpaired) electrons. The van der Waals surface area contributed by atoms with Crippen LogP contribution in [-0.4, -0.2) is 36.9 Å². The van der Waals surface area contributed by atoms with Crippen LogP contribution >= 0.6 is 0 Å². The van der Waals surface area contributed by atoms with Crippen LogP contribution in [-0.2, 0) is 21.2 Å². The van der Waals surface area contributed by atoms with Gasteiger partial charge in [-0.15, -0.1) is 0 Å². The van der Waals surface area contributed by atoms with E-state index in [9.17, 15) is 17.6 Å². The van der Waals surface area contributed by atoms with Gasteiger partial charge in [-0.25, -0.2) is 12.8 Å². The molecule has 1 aromatic heterocycles. The van der Waals surface area contributed by atoms with E-state index in [4.69, 9.17) is 9.26 Å². The summed E-state index contributed by atoms with van der Waals surface area (Å²) < 4.78 is 51.5. The van der Waals surface area contributed by atoms with Gasteiger partial charge < -0.3 is 14.6 Å². The third-order valence-corrected chi connectivity index (χ3v) is 7.17. The Morgan fingerprint density at radius 3 is 2.36 bits per heavy atom. The average Bonchev–Trinajstić information content (AvgIpc) is 3.09. The monoisotopic (exact) mass is 475 g/mol. The van der Waals surface area contributed by atoms with Crippen LogP contribution in [0.5, 0.6) is 11.5 Å². The summed E-state index contributed by atoms with van der Waals surface area (Å²) in [5.74, 6) is 0.259. The van der Waals surface area contributed by atoms with Crippen molar-refractivity contribution in [2.24, 2.45) is 0 Å². The van der Waals surface area contributed by atoms with Gasteiger partial charge in [0.2, 0.25) is 15.9 Å². The minimum atomic E-state index is -3.77. The molecule has 176 valence electrons. The maximum atomic E-state index is 13.3. The van der Waals surface area contributed by atoms with Gasteiger partial charge in [0.05, 0.1) is 22.7 Å². The Labute approximate surface area is 192 Å². The predicted molar refractivity (Wildman–Crippen MR) is 121 cm³/mol. The zero-order chi connectivity index (χ0) is 24.2. The number of benzene rings is 2. The summed E-state index contributed by atoms with van der Waals surface area (Å²) in [6, 6.07) is 9.59. The SMILES string of the molecule is CCN(CC)S(=O)(=O)c1ccc(Oc2ccc(F)cc2)c(NC(=O)Cc2c(C)noc2C)c1. The third kappa shape index (κ3) is 5.58. The first-order valence-corrected chi connectivity index (χ1v) is 11.9. The van der Waals surface area contributed by atoms with Gasteiger partial charge in [0.1, 0.15) is 17.3 Å². The number of sulfonamides is 1. The molecule has 1 heterocycles. The Morgan fingerprint density at radius 2 is 1.79 bits per heavy atom. The molecule has 0 spiro atoms. The van der Waals surface area contributed by atoms with E-state index in [1.807, 2.05) is 0 Å². The van der Waals surface area contributed by atoms with Gasteiger partial charge in [-0.05, 0) is 56.3 Å². The van der Waals surface area contributed by atoms with Crippen LogP contribution in [0.4, 0.5) is 10.1 Å². The lowest BCUT2D eigenvalue weighted by Crippen LogP contribution is -2.30. The summed E-state index contributed by atoms with van der Waals surface area (Å²) >= 11 is 0. The van der Waals surface area contributed by atoms with Crippen molar-refractivity contribution in [3.05, 3.63) is 65.3 Å². The highest BCUT2D eigenvalue weighted by molar-refractivity contribution is 7.89. The summed E-state index contributed by atoms with van der Waals surface area (Å²) in [7, 11) is -3.77. The molecule has 0 aliphatic rings. The molecule has 0 aliphatic heterocycles. The summed E-state index contributed by atoms with van der Waals surface area (Å²) in [5.41, 5.74) is 1.42. The minimum Gasteiger partial charge on any atom is -0.455 e. The van der Waals surface area contributed by atoms with E-state index in [1.165, 1.54) is 46.8 Å². The lowest BCUT2D eigenvalue weighted by Gasteiger charge is -2.20. The molecule has 0 atom stereocenters. The lowest BCUT2D eigenvalue weighted by atomic mass is 10.1. The highest BCUT2D eigenvalue weighted by Crippen LogP contribution is 2.33. The van der Waals surface area contributed by atoms with Crippen molar-refractivity contribution >= 4 is 21.6 Å². The van der Waals surface area contributed by atoms with Crippen LogP contribution in [0.3, 0.4) is 0 Å². The van der Waals surface area contributed by atoms with Crippen molar-refractivity contribution < 1.29 is 26.9 Å². The molecule has 0 aliphatic carbocycles. The smallest absolute Gasteiger partial charge is 0.243 e. The second-order valence-corrected chi connectivity index (χ2v) is 9.27. The van der Waals surface area contributed by atoms with E-state index >= 15 is 0 Å². The summed E-state index contributed by atoms with van der Waals surface area (Å²) in [5, 5.41) is 6.58. The van der Waals surface area contributed by atoms with E-state index in [-0.39, 0.29) is 22.8 Å². The molecular formula is C23H26FN3O5S. The van der Waals surface area contributed by atoms with Gasteiger partial charge in [-0.3, -0.25) is 4.79 Å². The van der Waals surface area contributed by atoms with E-state index in [0.717, 1.165) is 0 Å². The van der Waals surface area contributed by atoms with Crippen LogP contribution in [0.2, 0.25) is 0 Å². The number of ether oxygens (including phenoxy) is 1. The Morgan fingerprint density at radius 1 is 1.12 bits per heavy atom. The first kappa shape index (κ1) is 24.4. The van der Waals surface area contributed by atoms with Crippen LogP contribution < -0.4 is 10.1 Å². The van der Waals surface area contributed by atoms with E-state index in [2.05, 4.69) is 10.5 Å². The minimum absolute atomic E-state index is 0.00974. The molecule has 8 nitrogen and oxygen atoms in total. The number of hydrogen-bond donors (Lipinski definition) is 1. The maximum absolute atomic E-state index is 13.3. The zero-order valence-corrected chi connectivity index (χ0v) is 19.7. The number of nitrogens with zero attached hydrogens (tertiary/aromatic N) is 2. The molecule has 33 heavy (non-hydrogen) atoms. The Kier molecular flexibility index (Phi) is 7.50. The number of aryl methyl sites for hydroxylation is 2. The van der Waals surface area contributed by atoms with Crippen LogP contribution in [0, 0.1) is 19.7 Å². The molecule has 2 aromatic carbocycles. The summed E-state index contributed by atoms with van der Waals surface area (Å²) in [6.45, 7) is 7.56. The number of amides is 1. The normalized spacial score (nSPS) is 11.6. The van der Waals surface area contributed by atoms with E-state index in [1.54, 1.807) is 27.7 Å². The topological polar surface area (TPSA) is 102 Å². The van der Waals surface area contributed by atoms with Crippen LogP contribution in [0.1, 0.15) is 30.9 Å². The summed E-state index contributed by atoms with van der Waals surface area (Å²) in [4.78, 5) is 12.8. The maximum Gasteiger partial charge on any atom is 0.243 e. The largest absolute Gasteiger partial charge is 0.455 e. The molecule has 10 heteroatoms. The number of aromatic nitrogens is 1. The molecule has 3 rings (SSSR count). The van der Waals surface area contributed by atoms with Gasteiger partial charge in [0.15, 0.2) is 5.75 Å². The number of nitrogens with one attached hydrogen (secondary N) is 1. The first-order valence-electron chi connectivity index (χ1n) is 10.4. The number of rotatable bonds is 9. The molecular weight excluding hydrogens is 449 g/mol. The number of carbonyl (C=O) groups excluding carboxylic acids is 1. The standard InChI is InChI=1S/C23H26FN3O5S/c1-5-27(6-2)33(29,30)19-11-12-22(31-18-9-7-17(24)8-10-18)21(13-19)25-23(28)14-20-15(3)26-32-16(20)4/h7-13H,5-6,14H2,1-4H3,(H,25,28). The van der Waals surface area contributed by atoms with Gasteiger partial charge in [-0.1, -0.05) is 19.0 Å². The number of halogens is 1.